The van der Waals surface area contributed by atoms with Crippen molar-refractivity contribution >= 4 is 17.9 Å². The van der Waals surface area contributed by atoms with E-state index in [1.807, 2.05) is 0 Å². The van der Waals surface area contributed by atoms with Crippen molar-refractivity contribution in [3.63, 3.8) is 0 Å². The molecule has 0 radical (unpaired) electrons. The summed E-state index contributed by atoms with van der Waals surface area (Å²) in [6.45, 7) is 6.66. The molecule has 0 bridgehead atoms. The first-order chi connectivity index (χ1) is 35.0. The molecule has 0 unspecified atom stereocenters. The van der Waals surface area contributed by atoms with Gasteiger partial charge in [-0.05, 0) is 77.0 Å². The van der Waals surface area contributed by atoms with Gasteiger partial charge >= 0.3 is 17.9 Å². The number of allylic oxidation sites excluding steroid dienone is 6. The Hall–Kier alpha value is -2.37. The second-order valence-corrected chi connectivity index (χ2v) is 21.3. The number of carbonyl (C=O) groups excluding carboxylic acids is 3. The van der Waals surface area contributed by atoms with Crippen molar-refractivity contribution in [3.05, 3.63) is 36.5 Å². The van der Waals surface area contributed by atoms with Crippen LogP contribution in [0.25, 0.3) is 0 Å². The van der Waals surface area contributed by atoms with Gasteiger partial charge in [0.2, 0.25) is 0 Å². The summed E-state index contributed by atoms with van der Waals surface area (Å²) in [5.41, 5.74) is 0. The molecule has 0 aromatic carbocycles. The molecule has 0 aromatic rings. The summed E-state index contributed by atoms with van der Waals surface area (Å²) in [4.78, 5) is 38.3. The minimum atomic E-state index is -0.774. The molecule has 0 saturated heterocycles. The molecule has 0 saturated carbocycles. The van der Waals surface area contributed by atoms with Crippen molar-refractivity contribution in [1.82, 2.24) is 0 Å². The summed E-state index contributed by atoms with van der Waals surface area (Å²) in [5, 5.41) is 0. The highest BCUT2D eigenvalue weighted by atomic mass is 16.6. The van der Waals surface area contributed by atoms with E-state index in [-0.39, 0.29) is 31.1 Å². The molecule has 0 aliphatic heterocycles. The summed E-state index contributed by atoms with van der Waals surface area (Å²) in [6.07, 6.45) is 72.8. The van der Waals surface area contributed by atoms with Gasteiger partial charge in [0.25, 0.3) is 0 Å². The minimum absolute atomic E-state index is 0.0716. The van der Waals surface area contributed by atoms with E-state index >= 15 is 0 Å². The van der Waals surface area contributed by atoms with Crippen LogP contribution in [0.5, 0.6) is 0 Å². The normalized spacial score (nSPS) is 12.2. The molecular weight excluding hydrogens is 877 g/mol. The fourth-order valence-electron chi connectivity index (χ4n) is 9.35. The SMILES string of the molecule is CCCCC/C=C\C/C=C\CCCCCCCCCC(=O)OC[C@H](COC(=O)CCCCCCCCCCC/C=C\CCCCCCCC)OC(=O)CCCCCCCCCCCCCCCCCCC. The van der Waals surface area contributed by atoms with Crippen LogP contribution >= 0.6 is 0 Å². The lowest BCUT2D eigenvalue weighted by molar-refractivity contribution is -0.167. The Morgan fingerprint density at radius 2 is 0.507 bits per heavy atom. The number of hydrogen-bond acceptors (Lipinski definition) is 6. The Balaban J connectivity index is 4.34. The molecule has 0 fully saturated rings. The average molecular weight is 998 g/mol. The molecule has 0 spiro atoms. The van der Waals surface area contributed by atoms with E-state index in [4.69, 9.17) is 14.2 Å². The summed E-state index contributed by atoms with van der Waals surface area (Å²) >= 11 is 0. The molecule has 6 nitrogen and oxygen atoms in total. The van der Waals surface area contributed by atoms with E-state index in [0.717, 1.165) is 70.6 Å². The first kappa shape index (κ1) is 68.6. The van der Waals surface area contributed by atoms with Gasteiger partial charge in [-0.15, -0.1) is 0 Å². The third-order valence-corrected chi connectivity index (χ3v) is 14.1. The lowest BCUT2D eigenvalue weighted by Crippen LogP contribution is -2.30. The summed E-state index contributed by atoms with van der Waals surface area (Å²) in [7, 11) is 0. The Morgan fingerprint density at radius 3 is 0.817 bits per heavy atom. The van der Waals surface area contributed by atoms with Crippen molar-refractivity contribution in [2.45, 2.75) is 348 Å². The van der Waals surface area contributed by atoms with Crippen LogP contribution in [0.4, 0.5) is 0 Å². The third kappa shape index (κ3) is 58.4. The monoisotopic (exact) mass is 997 g/mol. The fraction of sp³-hybridized carbons (Fsp3) is 0.862. The summed E-state index contributed by atoms with van der Waals surface area (Å²) < 4.78 is 16.9. The van der Waals surface area contributed by atoms with E-state index in [1.165, 1.54) is 231 Å². The van der Waals surface area contributed by atoms with Crippen molar-refractivity contribution in [2.75, 3.05) is 13.2 Å². The van der Waals surface area contributed by atoms with Gasteiger partial charge in [0.1, 0.15) is 13.2 Å². The molecule has 1 atom stereocenters. The highest BCUT2D eigenvalue weighted by Crippen LogP contribution is 2.17. The molecule has 6 heteroatoms. The second kappa shape index (κ2) is 60.2. The molecular formula is C65H120O6. The Morgan fingerprint density at radius 1 is 0.282 bits per heavy atom. The Labute approximate surface area is 442 Å². The maximum absolute atomic E-state index is 12.9. The molecule has 0 aliphatic rings. The lowest BCUT2D eigenvalue weighted by Gasteiger charge is -2.18. The minimum Gasteiger partial charge on any atom is -0.462 e. The van der Waals surface area contributed by atoms with Crippen LogP contribution in [0.2, 0.25) is 0 Å². The van der Waals surface area contributed by atoms with Crippen LogP contribution in [-0.2, 0) is 28.6 Å². The first-order valence-corrected chi connectivity index (χ1v) is 31.5. The lowest BCUT2D eigenvalue weighted by atomic mass is 10.0. The summed E-state index contributed by atoms with van der Waals surface area (Å²) in [6, 6.07) is 0. The maximum Gasteiger partial charge on any atom is 0.306 e. The molecule has 416 valence electrons. The number of hydrogen-bond donors (Lipinski definition) is 0. The molecule has 0 rings (SSSR count). The number of ether oxygens (including phenoxy) is 3. The van der Waals surface area contributed by atoms with Crippen LogP contribution in [-0.4, -0.2) is 37.2 Å². The van der Waals surface area contributed by atoms with E-state index < -0.39 is 6.10 Å². The van der Waals surface area contributed by atoms with Gasteiger partial charge in [-0.25, -0.2) is 0 Å². The quantitative estimate of drug-likeness (QED) is 0.0261. The third-order valence-electron chi connectivity index (χ3n) is 14.1. The zero-order chi connectivity index (χ0) is 51.4. The number of unbranched alkanes of at least 4 members (excludes halogenated alkanes) is 41. The zero-order valence-electron chi connectivity index (χ0n) is 47.8. The van der Waals surface area contributed by atoms with Crippen LogP contribution in [0.3, 0.4) is 0 Å². The number of rotatable bonds is 58. The maximum atomic E-state index is 12.9. The van der Waals surface area contributed by atoms with Gasteiger partial charge in [-0.3, -0.25) is 14.4 Å². The van der Waals surface area contributed by atoms with Gasteiger partial charge in [-0.2, -0.15) is 0 Å². The molecule has 0 aromatic heterocycles. The average Bonchev–Trinajstić information content (AvgIpc) is 3.37. The van der Waals surface area contributed by atoms with E-state index in [0.29, 0.717) is 19.3 Å². The van der Waals surface area contributed by atoms with Crippen LogP contribution in [0.1, 0.15) is 342 Å². The largest absolute Gasteiger partial charge is 0.462 e. The van der Waals surface area contributed by atoms with E-state index in [9.17, 15) is 14.4 Å². The number of esters is 3. The fourth-order valence-corrected chi connectivity index (χ4v) is 9.35. The van der Waals surface area contributed by atoms with Gasteiger partial charge in [0.15, 0.2) is 6.10 Å². The molecule has 0 aliphatic carbocycles. The molecule has 0 amide bonds. The zero-order valence-corrected chi connectivity index (χ0v) is 47.8. The highest BCUT2D eigenvalue weighted by molar-refractivity contribution is 5.71. The van der Waals surface area contributed by atoms with Crippen LogP contribution in [0.15, 0.2) is 36.5 Å². The Kier molecular flexibility index (Phi) is 58.2. The first-order valence-electron chi connectivity index (χ1n) is 31.5. The second-order valence-electron chi connectivity index (χ2n) is 21.3. The smallest absolute Gasteiger partial charge is 0.306 e. The Bertz CT molecular complexity index is 1190. The predicted octanol–water partition coefficient (Wildman–Crippen LogP) is 21.2. The van der Waals surface area contributed by atoms with E-state index in [1.54, 1.807) is 0 Å². The topological polar surface area (TPSA) is 78.9 Å². The van der Waals surface area contributed by atoms with Crippen molar-refractivity contribution in [1.29, 1.82) is 0 Å². The van der Waals surface area contributed by atoms with Gasteiger partial charge in [0, 0.05) is 19.3 Å². The van der Waals surface area contributed by atoms with Crippen molar-refractivity contribution in [3.8, 4) is 0 Å². The van der Waals surface area contributed by atoms with Gasteiger partial charge < -0.3 is 14.2 Å². The highest BCUT2D eigenvalue weighted by Gasteiger charge is 2.19. The van der Waals surface area contributed by atoms with Gasteiger partial charge in [-0.1, -0.05) is 282 Å². The van der Waals surface area contributed by atoms with Gasteiger partial charge in [0.05, 0.1) is 0 Å². The van der Waals surface area contributed by atoms with Crippen LogP contribution in [0, 0.1) is 0 Å². The van der Waals surface area contributed by atoms with E-state index in [2.05, 4.69) is 57.2 Å². The number of carbonyl (C=O) groups is 3. The van der Waals surface area contributed by atoms with Crippen molar-refractivity contribution in [2.24, 2.45) is 0 Å². The molecule has 71 heavy (non-hydrogen) atoms. The predicted molar refractivity (Wildman–Crippen MR) is 307 cm³/mol. The van der Waals surface area contributed by atoms with Crippen LogP contribution < -0.4 is 0 Å². The standard InChI is InChI=1S/C65H120O6/c1-4-7-10-13-16-19-22-25-28-31-32-35-37-40-43-46-49-52-55-58-64(67)70-61-62(71-65(68)59-56-53-50-47-44-41-38-34-30-27-24-21-18-15-12-9-6-3)60-69-63(66)57-54-51-48-45-42-39-36-33-29-26-23-20-17-14-11-8-5-2/h17,20,25-26,28-29,62H,4-16,18-19,21-24,27,30-61H2,1-3H3/b20-17-,28-25-,29-26-/t62-/m1/s1. The molecule has 0 heterocycles. The summed E-state index contributed by atoms with van der Waals surface area (Å²) in [5.74, 6) is -0.858. The van der Waals surface area contributed by atoms with Crippen molar-refractivity contribution < 1.29 is 28.6 Å². The molecule has 0 N–H and O–H groups in total.